The van der Waals surface area contributed by atoms with Gasteiger partial charge >= 0.3 is 17.9 Å². The third-order valence-electron chi connectivity index (χ3n) is 0.501. The highest BCUT2D eigenvalue weighted by Gasteiger charge is 2.13. The summed E-state index contributed by atoms with van der Waals surface area (Å²) in [4.78, 5) is 38.3. The molecule has 0 unspecified atom stereocenters. The number of carboxylic acid groups (broad SMARTS) is 3. The Morgan fingerprint density at radius 1 is 1.07 bits per heavy atom. The first-order chi connectivity index (χ1) is 6.27. The molecule has 0 fully saturated rings. The monoisotopic (exact) mass is 208 g/mol. The normalized spacial score (nSPS) is 7.79. The van der Waals surface area contributed by atoms with E-state index < -0.39 is 30.5 Å². The number of ether oxygens (including phenoxy) is 1. The van der Waals surface area contributed by atoms with Crippen LogP contribution in [0.2, 0.25) is 0 Å². The van der Waals surface area contributed by atoms with E-state index in [1.165, 1.54) is 0 Å². The summed E-state index contributed by atoms with van der Waals surface area (Å²) in [5.74, 6) is -5.60. The second-order valence-electron chi connectivity index (χ2n) is 1.79. The quantitative estimate of drug-likeness (QED) is 0.379. The van der Waals surface area contributed by atoms with Crippen molar-refractivity contribution in [2.75, 3.05) is 6.61 Å². The zero-order valence-corrected chi connectivity index (χ0v) is 7.09. The number of carboxylic acids is 3. The maximum Gasteiger partial charge on any atom is 0.417 e. The molecule has 0 bridgehead atoms. The topological polar surface area (TPSA) is 138 Å². The molecule has 0 aliphatic carbocycles. The summed E-state index contributed by atoms with van der Waals surface area (Å²) in [6, 6.07) is 0. The number of esters is 1. The Kier molecular flexibility index (Phi) is 7.74. The van der Waals surface area contributed by atoms with Crippen LogP contribution >= 0.6 is 0 Å². The molecule has 0 amide bonds. The van der Waals surface area contributed by atoms with Crippen molar-refractivity contribution < 1.29 is 39.2 Å². The Balaban J connectivity index is 0. The Labute approximate surface area is 77.7 Å². The number of rotatable bonds is 2. The fourth-order valence-electron chi connectivity index (χ4n) is 0.189. The highest BCUT2D eigenvalue weighted by Crippen LogP contribution is 1.77. The highest BCUT2D eigenvalue weighted by molar-refractivity contribution is 6.28. The van der Waals surface area contributed by atoms with E-state index in [0.717, 1.165) is 6.92 Å². The van der Waals surface area contributed by atoms with Gasteiger partial charge in [-0.1, -0.05) is 0 Å². The minimum absolute atomic E-state index is 0.833. The van der Waals surface area contributed by atoms with Crippen LogP contribution in [0.5, 0.6) is 0 Å². The average Bonchev–Trinajstić information content (AvgIpc) is 1.98. The Hall–Kier alpha value is -2.12. The van der Waals surface area contributed by atoms with Gasteiger partial charge in [0.15, 0.2) is 6.61 Å². The number of carbonyl (C=O) groups excluding carboxylic acids is 1. The van der Waals surface area contributed by atoms with E-state index in [9.17, 15) is 14.4 Å². The first-order valence-corrected chi connectivity index (χ1v) is 3.08. The summed E-state index contributed by atoms with van der Waals surface area (Å²) in [7, 11) is 0. The zero-order valence-electron chi connectivity index (χ0n) is 7.09. The van der Waals surface area contributed by atoms with Crippen molar-refractivity contribution in [1.29, 1.82) is 0 Å². The van der Waals surface area contributed by atoms with Crippen LogP contribution < -0.4 is 0 Å². The maximum absolute atomic E-state index is 9.96. The summed E-state index contributed by atoms with van der Waals surface area (Å²) in [5, 5.41) is 23.1. The lowest BCUT2D eigenvalue weighted by molar-refractivity contribution is -0.167. The molecule has 0 aliphatic heterocycles. The van der Waals surface area contributed by atoms with Crippen LogP contribution in [0.1, 0.15) is 6.92 Å². The minimum Gasteiger partial charge on any atom is -0.481 e. The number of aliphatic carboxylic acids is 3. The summed E-state index contributed by atoms with van der Waals surface area (Å²) >= 11 is 0. The smallest absolute Gasteiger partial charge is 0.417 e. The molecule has 0 aliphatic rings. The number of hydrogen-bond acceptors (Lipinski definition) is 5. The third kappa shape index (κ3) is 16.5. The van der Waals surface area contributed by atoms with Crippen molar-refractivity contribution >= 4 is 23.9 Å². The molecule has 0 aromatic carbocycles. The van der Waals surface area contributed by atoms with Crippen LogP contribution in [0.15, 0.2) is 0 Å². The molecule has 0 atom stereocenters. The van der Waals surface area contributed by atoms with Crippen molar-refractivity contribution in [2.45, 2.75) is 6.92 Å². The van der Waals surface area contributed by atoms with E-state index in [0.29, 0.717) is 0 Å². The fourth-order valence-corrected chi connectivity index (χ4v) is 0.189. The molecule has 3 N–H and O–H groups in total. The van der Waals surface area contributed by atoms with Crippen LogP contribution in [0.25, 0.3) is 0 Å². The van der Waals surface area contributed by atoms with Crippen LogP contribution in [0.3, 0.4) is 0 Å². The van der Waals surface area contributed by atoms with Gasteiger partial charge in [0.1, 0.15) is 0 Å². The van der Waals surface area contributed by atoms with Crippen molar-refractivity contribution in [2.24, 2.45) is 0 Å². The Morgan fingerprint density at radius 2 is 1.43 bits per heavy atom. The molecule has 0 aromatic heterocycles. The van der Waals surface area contributed by atoms with E-state index in [2.05, 4.69) is 4.74 Å². The van der Waals surface area contributed by atoms with Gasteiger partial charge in [-0.15, -0.1) is 0 Å². The van der Waals surface area contributed by atoms with E-state index in [1.807, 2.05) is 0 Å². The first-order valence-electron chi connectivity index (χ1n) is 3.08. The lowest BCUT2D eigenvalue weighted by atomic mass is 10.7. The van der Waals surface area contributed by atoms with E-state index in [1.54, 1.807) is 0 Å². The largest absolute Gasteiger partial charge is 0.481 e. The van der Waals surface area contributed by atoms with Crippen molar-refractivity contribution in [1.82, 2.24) is 0 Å². The van der Waals surface area contributed by atoms with Gasteiger partial charge < -0.3 is 20.1 Å². The summed E-state index contributed by atoms with van der Waals surface area (Å²) in [6.07, 6.45) is 0. The fraction of sp³-hybridized carbons (Fsp3) is 0.333. The molecule has 0 saturated carbocycles. The summed E-state index contributed by atoms with van der Waals surface area (Å²) in [6.45, 7) is 0.158. The van der Waals surface area contributed by atoms with Gasteiger partial charge in [0.2, 0.25) is 0 Å². The molecule has 80 valence electrons. The Morgan fingerprint density at radius 3 is 1.64 bits per heavy atom. The molecule has 8 nitrogen and oxygen atoms in total. The standard InChI is InChI=1S/C4H4O6.C2H4O2/c5-2(6)1-10-4(9)3(7)8;1-2(3)4/h1H2,(H,5,6)(H,7,8);1H3,(H,3,4). The summed E-state index contributed by atoms with van der Waals surface area (Å²) in [5.41, 5.74) is 0. The molecule has 0 aromatic rings. The van der Waals surface area contributed by atoms with Crippen molar-refractivity contribution in [3.8, 4) is 0 Å². The molecule has 8 heteroatoms. The lowest BCUT2D eigenvalue weighted by Gasteiger charge is -1.94. The highest BCUT2D eigenvalue weighted by atomic mass is 16.6. The molecular weight excluding hydrogens is 200 g/mol. The third-order valence-corrected chi connectivity index (χ3v) is 0.501. The lowest BCUT2D eigenvalue weighted by Crippen LogP contribution is -2.20. The zero-order chi connectivity index (χ0) is 11.7. The van der Waals surface area contributed by atoms with E-state index in [-0.39, 0.29) is 0 Å². The SMILES string of the molecule is CC(=O)O.O=C(O)COC(=O)C(=O)O. The predicted molar refractivity (Wildman–Crippen MR) is 39.5 cm³/mol. The van der Waals surface area contributed by atoms with Crippen LogP contribution in [-0.2, 0) is 23.9 Å². The second kappa shape index (κ2) is 7.53. The van der Waals surface area contributed by atoms with Gasteiger partial charge in [0.05, 0.1) is 0 Å². The van der Waals surface area contributed by atoms with Gasteiger partial charge in [-0.05, 0) is 0 Å². The molecule has 0 saturated heterocycles. The maximum atomic E-state index is 9.96. The molecule has 0 spiro atoms. The van der Waals surface area contributed by atoms with E-state index in [4.69, 9.17) is 20.1 Å². The molecule has 14 heavy (non-hydrogen) atoms. The number of hydrogen-bond donors (Lipinski definition) is 3. The van der Waals surface area contributed by atoms with Gasteiger partial charge in [-0.2, -0.15) is 0 Å². The Bertz CT molecular complexity index is 238. The van der Waals surface area contributed by atoms with Gasteiger partial charge in [-0.3, -0.25) is 4.79 Å². The van der Waals surface area contributed by atoms with Crippen LogP contribution in [0, 0.1) is 0 Å². The van der Waals surface area contributed by atoms with E-state index >= 15 is 0 Å². The molecular formula is C6H8O8. The minimum atomic E-state index is -1.80. The van der Waals surface area contributed by atoms with Crippen LogP contribution in [-0.4, -0.2) is 45.8 Å². The van der Waals surface area contributed by atoms with Gasteiger partial charge in [0, 0.05) is 6.92 Å². The second-order valence-corrected chi connectivity index (χ2v) is 1.79. The van der Waals surface area contributed by atoms with Crippen LogP contribution in [0.4, 0.5) is 0 Å². The van der Waals surface area contributed by atoms with Crippen molar-refractivity contribution in [3.63, 3.8) is 0 Å². The molecule has 0 heterocycles. The van der Waals surface area contributed by atoms with Gasteiger partial charge in [0.25, 0.3) is 5.97 Å². The van der Waals surface area contributed by atoms with Gasteiger partial charge in [-0.25, -0.2) is 14.4 Å². The first kappa shape index (κ1) is 14.4. The number of carbonyl (C=O) groups is 4. The predicted octanol–water partition coefficient (Wildman–Crippen LogP) is -1.21. The molecule has 0 radical (unpaired) electrons. The molecule has 0 rings (SSSR count). The van der Waals surface area contributed by atoms with Crippen molar-refractivity contribution in [3.05, 3.63) is 0 Å². The average molecular weight is 208 g/mol. The summed E-state index contributed by atoms with van der Waals surface area (Å²) < 4.78 is 3.73.